The molecule has 0 spiro atoms. The highest BCUT2D eigenvalue weighted by molar-refractivity contribution is 5.31. The Bertz CT molecular complexity index is 420. The minimum Gasteiger partial charge on any atom is -0.198 e. The van der Waals surface area contributed by atoms with Crippen LogP contribution < -0.4 is 0 Å². The number of benzene rings is 1. The number of nitrogens with zero attached hydrogens (tertiary/aromatic N) is 1. The molecule has 1 nitrogen and oxygen atoms in total. The van der Waals surface area contributed by atoms with Gasteiger partial charge < -0.3 is 0 Å². The van der Waals surface area contributed by atoms with Gasteiger partial charge in [-0.2, -0.15) is 5.26 Å². The zero-order valence-electron chi connectivity index (χ0n) is 10.2. The van der Waals surface area contributed by atoms with E-state index < -0.39 is 0 Å². The first-order valence-electron chi connectivity index (χ1n) is 6.13. The van der Waals surface area contributed by atoms with E-state index in [1.807, 2.05) is 0 Å². The van der Waals surface area contributed by atoms with Gasteiger partial charge in [-0.15, -0.1) is 0 Å². The summed E-state index contributed by atoms with van der Waals surface area (Å²) in [6.07, 6.45) is 5.54. The third-order valence-corrected chi connectivity index (χ3v) is 3.91. The lowest BCUT2D eigenvalue weighted by atomic mass is 9.81. The molecule has 1 aliphatic carbocycles. The molecular weight excluding hydrogens is 194 g/mol. The van der Waals surface area contributed by atoms with Crippen LogP contribution in [0.1, 0.15) is 42.4 Å². The monoisotopic (exact) mass is 213 g/mol. The van der Waals surface area contributed by atoms with Crippen molar-refractivity contribution >= 4 is 0 Å². The van der Waals surface area contributed by atoms with Crippen molar-refractivity contribution in [2.24, 2.45) is 5.41 Å². The maximum atomic E-state index is 9.35. The van der Waals surface area contributed by atoms with E-state index in [-0.39, 0.29) is 5.41 Å². The van der Waals surface area contributed by atoms with E-state index in [1.165, 1.54) is 29.5 Å². The van der Waals surface area contributed by atoms with Crippen LogP contribution in [0.15, 0.2) is 18.2 Å². The molecular formula is C15H19N. The van der Waals surface area contributed by atoms with E-state index in [9.17, 15) is 5.26 Å². The predicted molar refractivity (Wildman–Crippen MR) is 66.1 cm³/mol. The predicted octanol–water partition coefficient (Wildman–Crippen LogP) is 3.93. The summed E-state index contributed by atoms with van der Waals surface area (Å²) in [5.74, 6) is 0. The Morgan fingerprint density at radius 2 is 1.88 bits per heavy atom. The summed E-state index contributed by atoms with van der Waals surface area (Å²) >= 11 is 0. The van der Waals surface area contributed by atoms with Crippen LogP contribution in [-0.4, -0.2) is 0 Å². The highest BCUT2D eigenvalue weighted by atomic mass is 14.4. The number of hydrogen-bond donors (Lipinski definition) is 0. The van der Waals surface area contributed by atoms with Crippen LogP contribution in [0.2, 0.25) is 0 Å². The molecule has 1 saturated carbocycles. The lowest BCUT2D eigenvalue weighted by Gasteiger charge is -2.20. The van der Waals surface area contributed by atoms with Crippen molar-refractivity contribution in [2.45, 2.75) is 46.0 Å². The Hall–Kier alpha value is -1.29. The quantitative estimate of drug-likeness (QED) is 0.730. The number of aryl methyl sites for hydroxylation is 2. The standard InChI is InChI=1S/C15H19N/c1-12-5-6-14(9-13(12)2)10-15(11-16)7-3-4-8-15/h5-6,9H,3-4,7-8,10H2,1-2H3. The van der Waals surface area contributed by atoms with Gasteiger partial charge in [0.2, 0.25) is 0 Å². The third-order valence-electron chi connectivity index (χ3n) is 3.91. The van der Waals surface area contributed by atoms with Crippen molar-refractivity contribution in [1.29, 1.82) is 5.26 Å². The molecule has 0 aliphatic heterocycles. The fourth-order valence-corrected chi connectivity index (χ4v) is 2.68. The summed E-state index contributed by atoms with van der Waals surface area (Å²) in [4.78, 5) is 0. The van der Waals surface area contributed by atoms with E-state index in [4.69, 9.17) is 0 Å². The normalized spacial score (nSPS) is 18.3. The molecule has 0 aromatic heterocycles. The van der Waals surface area contributed by atoms with Crippen LogP contribution >= 0.6 is 0 Å². The van der Waals surface area contributed by atoms with Crippen molar-refractivity contribution in [3.8, 4) is 6.07 Å². The molecule has 0 unspecified atom stereocenters. The second-order valence-electron chi connectivity index (χ2n) is 5.19. The molecule has 1 aliphatic rings. The van der Waals surface area contributed by atoms with Crippen LogP contribution in [0.25, 0.3) is 0 Å². The minimum atomic E-state index is -0.0678. The summed E-state index contributed by atoms with van der Waals surface area (Å²) < 4.78 is 0. The Morgan fingerprint density at radius 1 is 1.19 bits per heavy atom. The van der Waals surface area contributed by atoms with Crippen molar-refractivity contribution in [3.05, 3.63) is 34.9 Å². The Balaban J connectivity index is 2.20. The summed E-state index contributed by atoms with van der Waals surface area (Å²) in [5.41, 5.74) is 3.93. The molecule has 0 N–H and O–H groups in total. The van der Waals surface area contributed by atoms with Gasteiger partial charge in [-0.3, -0.25) is 0 Å². The van der Waals surface area contributed by atoms with Gasteiger partial charge in [0.25, 0.3) is 0 Å². The molecule has 0 heterocycles. The molecule has 0 radical (unpaired) electrons. The molecule has 1 fully saturated rings. The van der Waals surface area contributed by atoms with E-state index in [0.29, 0.717) is 0 Å². The molecule has 2 rings (SSSR count). The molecule has 16 heavy (non-hydrogen) atoms. The van der Waals surface area contributed by atoms with Crippen molar-refractivity contribution in [2.75, 3.05) is 0 Å². The SMILES string of the molecule is Cc1ccc(CC2(C#N)CCCC2)cc1C. The summed E-state index contributed by atoms with van der Waals surface area (Å²) in [6.45, 7) is 4.28. The molecule has 0 amide bonds. The van der Waals surface area contributed by atoms with Gasteiger partial charge in [-0.25, -0.2) is 0 Å². The van der Waals surface area contributed by atoms with Crippen LogP contribution in [0.5, 0.6) is 0 Å². The second kappa shape index (κ2) is 4.29. The average Bonchev–Trinajstić information content (AvgIpc) is 2.73. The van der Waals surface area contributed by atoms with Crippen molar-refractivity contribution < 1.29 is 0 Å². The summed E-state index contributed by atoms with van der Waals surface area (Å²) in [6, 6.07) is 9.15. The highest BCUT2D eigenvalue weighted by Crippen LogP contribution is 2.40. The minimum absolute atomic E-state index is 0.0678. The average molecular weight is 213 g/mol. The van der Waals surface area contributed by atoms with E-state index in [2.05, 4.69) is 38.1 Å². The van der Waals surface area contributed by atoms with Gasteiger partial charge in [0.15, 0.2) is 0 Å². The first-order valence-corrected chi connectivity index (χ1v) is 6.13. The van der Waals surface area contributed by atoms with E-state index in [0.717, 1.165) is 19.3 Å². The van der Waals surface area contributed by atoms with Crippen LogP contribution in [0, 0.1) is 30.6 Å². The second-order valence-corrected chi connectivity index (χ2v) is 5.19. The summed E-state index contributed by atoms with van der Waals surface area (Å²) in [5, 5.41) is 9.35. The van der Waals surface area contributed by atoms with Gasteiger partial charge in [-0.1, -0.05) is 31.0 Å². The molecule has 1 aromatic carbocycles. The maximum Gasteiger partial charge on any atom is 0.0693 e. The Morgan fingerprint density at radius 3 is 2.44 bits per heavy atom. The van der Waals surface area contributed by atoms with Gasteiger partial charge in [-0.05, 0) is 49.8 Å². The zero-order valence-corrected chi connectivity index (χ0v) is 10.2. The molecule has 0 atom stereocenters. The molecule has 0 bridgehead atoms. The zero-order chi connectivity index (χ0) is 11.6. The number of rotatable bonds is 2. The topological polar surface area (TPSA) is 23.8 Å². The largest absolute Gasteiger partial charge is 0.198 e. The lowest BCUT2D eigenvalue weighted by Crippen LogP contribution is -2.17. The molecule has 1 aromatic rings. The number of hydrogen-bond acceptors (Lipinski definition) is 1. The molecule has 1 heteroatoms. The van der Waals surface area contributed by atoms with Gasteiger partial charge >= 0.3 is 0 Å². The summed E-state index contributed by atoms with van der Waals surface area (Å²) in [7, 11) is 0. The third kappa shape index (κ3) is 2.11. The first-order chi connectivity index (χ1) is 7.65. The van der Waals surface area contributed by atoms with Crippen LogP contribution in [0.3, 0.4) is 0 Å². The van der Waals surface area contributed by atoms with Crippen LogP contribution in [-0.2, 0) is 6.42 Å². The van der Waals surface area contributed by atoms with Gasteiger partial charge in [0.1, 0.15) is 0 Å². The Labute approximate surface area is 98.1 Å². The van der Waals surface area contributed by atoms with Gasteiger partial charge in [0.05, 0.1) is 11.5 Å². The lowest BCUT2D eigenvalue weighted by molar-refractivity contribution is 0.408. The van der Waals surface area contributed by atoms with Crippen LogP contribution in [0.4, 0.5) is 0 Å². The highest BCUT2D eigenvalue weighted by Gasteiger charge is 2.33. The van der Waals surface area contributed by atoms with Crippen molar-refractivity contribution in [1.82, 2.24) is 0 Å². The fraction of sp³-hybridized carbons (Fsp3) is 0.533. The van der Waals surface area contributed by atoms with Gasteiger partial charge in [0, 0.05) is 0 Å². The Kier molecular flexibility index (Phi) is 3.01. The molecule has 84 valence electrons. The maximum absolute atomic E-state index is 9.35. The smallest absolute Gasteiger partial charge is 0.0693 e. The molecule has 0 saturated heterocycles. The first kappa shape index (κ1) is 11.2. The number of nitriles is 1. The fourth-order valence-electron chi connectivity index (χ4n) is 2.68. The van der Waals surface area contributed by atoms with Crippen molar-refractivity contribution in [3.63, 3.8) is 0 Å². The van der Waals surface area contributed by atoms with E-state index >= 15 is 0 Å². The van der Waals surface area contributed by atoms with E-state index in [1.54, 1.807) is 0 Å².